The summed E-state index contributed by atoms with van der Waals surface area (Å²) in [6.07, 6.45) is 2.55. The van der Waals surface area contributed by atoms with Gasteiger partial charge in [-0.1, -0.05) is 62.4 Å². The van der Waals surface area contributed by atoms with E-state index in [0.717, 1.165) is 16.8 Å². The van der Waals surface area contributed by atoms with E-state index in [0.29, 0.717) is 23.4 Å². The summed E-state index contributed by atoms with van der Waals surface area (Å²) in [6, 6.07) is 17.2. The summed E-state index contributed by atoms with van der Waals surface area (Å²) in [5.41, 5.74) is 3.60. The lowest BCUT2D eigenvalue weighted by atomic mass is 9.66. The number of fused-ring (bicyclic) bond motifs is 1. The quantitative estimate of drug-likeness (QED) is 0.683. The summed E-state index contributed by atoms with van der Waals surface area (Å²) in [6.45, 7) is 6.16. The standard InChI is InChI=1S/C27H29NO4/c1-17-23(26(30)32-16-18-9-6-5-7-10-18)24(19-11-8-12-20(13-19)31-4)25-21(28-17)14-27(2,3)15-22(25)29/h5-14,24-25,28H,15-16H2,1-4H3. The van der Waals surface area contributed by atoms with Gasteiger partial charge in [0.05, 0.1) is 18.6 Å². The van der Waals surface area contributed by atoms with Crippen molar-refractivity contribution < 1.29 is 19.1 Å². The first-order valence-electron chi connectivity index (χ1n) is 10.9. The van der Waals surface area contributed by atoms with Crippen molar-refractivity contribution in [2.45, 2.75) is 39.7 Å². The van der Waals surface area contributed by atoms with Crippen molar-refractivity contribution in [3.63, 3.8) is 0 Å². The molecule has 2 atom stereocenters. The Balaban J connectivity index is 1.76. The van der Waals surface area contributed by atoms with E-state index in [1.165, 1.54) is 0 Å². The van der Waals surface area contributed by atoms with Crippen LogP contribution in [0.3, 0.4) is 0 Å². The molecule has 166 valence electrons. The van der Waals surface area contributed by atoms with Crippen molar-refractivity contribution in [2.75, 3.05) is 7.11 Å². The predicted molar refractivity (Wildman–Crippen MR) is 123 cm³/mol. The number of rotatable bonds is 5. The molecule has 0 saturated carbocycles. The van der Waals surface area contributed by atoms with Crippen molar-refractivity contribution in [3.8, 4) is 5.75 Å². The molecule has 1 aliphatic carbocycles. The third-order valence-electron chi connectivity index (χ3n) is 6.12. The predicted octanol–water partition coefficient (Wildman–Crippen LogP) is 4.90. The van der Waals surface area contributed by atoms with Crippen LogP contribution < -0.4 is 10.1 Å². The first-order chi connectivity index (χ1) is 15.3. The highest BCUT2D eigenvalue weighted by atomic mass is 16.5. The first kappa shape index (κ1) is 21.9. The molecule has 5 heteroatoms. The smallest absolute Gasteiger partial charge is 0.336 e. The van der Waals surface area contributed by atoms with Crippen molar-refractivity contribution in [1.29, 1.82) is 0 Å². The summed E-state index contributed by atoms with van der Waals surface area (Å²) >= 11 is 0. The van der Waals surface area contributed by atoms with Gasteiger partial charge in [0, 0.05) is 23.7 Å². The Morgan fingerprint density at radius 2 is 1.84 bits per heavy atom. The SMILES string of the molecule is COc1cccc(C2C(C(=O)OCc3ccccc3)=C(C)NC3=CC(C)(C)CC(=O)C32)c1. The van der Waals surface area contributed by atoms with Crippen LogP contribution >= 0.6 is 0 Å². The lowest BCUT2D eigenvalue weighted by Gasteiger charge is -2.41. The molecule has 1 heterocycles. The fraction of sp³-hybridized carbons (Fsp3) is 0.333. The number of ketones is 1. The van der Waals surface area contributed by atoms with Crippen molar-refractivity contribution >= 4 is 11.8 Å². The number of benzene rings is 2. The molecule has 32 heavy (non-hydrogen) atoms. The second kappa shape index (κ2) is 8.65. The van der Waals surface area contributed by atoms with E-state index in [9.17, 15) is 9.59 Å². The van der Waals surface area contributed by atoms with E-state index in [-0.39, 0.29) is 17.8 Å². The van der Waals surface area contributed by atoms with Crippen LogP contribution in [0.1, 0.15) is 44.2 Å². The molecule has 2 aromatic rings. The van der Waals surface area contributed by atoms with E-state index in [1.54, 1.807) is 7.11 Å². The van der Waals surface area contributed by atoms with Gasteiger partial charge in [0.25, 0.3) is 0 Å². The Hall–Kier alpha value is -3.34. The van der Waals surface area contributed by atoms with E-state index in [2.05, 4.69) is 25.2 Å². The monoisotopic (exact) mass is 431 g/mol. The topological polar surface area (TPSA) is 64.6 Å². The summed E-state index contributed by atoms with van der Waals surface area (Å²) in [5.74, 6) is -0.510. The fourth-order valence-electron chi connectivity index (χ4n) is 4.73. The molecule has 0 saturated heterocycles. The molecule has 2 unspecified atom stereocenters. The number of Topliss-reactive ketones (excluding diaryl/α,β-unsaturated/α-hetero) is 1. The average Bonchev–Trinajstić information content (AvgIpc) is 2.76. The molecule has 0 bridgehead atoms. The molecule has 0 spiro atoms. The van der Waals surface area contributed by atoms with Gasteiger partial charge in [-0.2, -0.15) is 0 Å². The summed E-state index contributed by atoms with van der Waals surface area (Å²) in [5, 5.41) is 3.35. The zero-order valence-electron chi connectivity index (χ0n) is 19.0. The third-order valence-corrected chi connectivity index (χ3v) is 6.12. The number of carbonyl (C=O) groups excluding carboxylic acids is 2. The molecular formula is C27H29NO4. The molecule has 0 radical (unpaired) electrons. The van der Waals surface area contributed by atoms with Gasteiger partial charge in [0.1, 0.15) is 18.1 Å². The number of methoxy groups -OCH3 is 1. The molecule has 2 aromatic carbocycles. The second-order valence-corrected chi connectivity index (χ2v) is 9.19. The zero-order valence-corrected chi connectivity index (χ0v) is 19.0. The number of nitrogens with one attached hydrogen (secondary N) is 1. The molecule has 4 rings (SSSR count). The van der Waals surface area contributed by atoms with Crippen molar-refractivity contribution in [1.82, 2.24) is 5.32 Å². The van der Waals surface area contributed by atoms with Crippen LogP contribution in [0.4, 0.5) is 0 Å². The van der Waals surface area contributed by atoms with Gasteiger partial charge in [-0.15, -0.1) is 0 Å². The first-order valence-corrected chi connectivity index (χ1v) is 10.9. The molecule has 2 aliphatic rings. The van der Waals surface area contributed by atoms with Crippen molar-refractivity contribution in [2.24, 2.45) is 11.3 Å². The molecular weight excluding hydrogens is 402 g/mol. The van der Waals surface area contributed by atoms with Crippen molar-refractivity contribution in [3.05, 3.63) is 88.8 Å². The number of ether oxygens (including phenoxy) is 2. The van der Waals surface area contributed by atoms with Gasteiger partial charge in [0.15, 0.2) is 0 Å². The highest BCUT2D eigenvalue weighted by Crippen LogP contribution is 2.47. The van der Waals surface area contributed by atoms with Crippen LogP contribution in [-0.2, 0) is 20.9 Å². The Morgan fingerprint density at radius 1 is 1.09 bits per heavy atom. The lowest BCUT2D eigenvalue weighted by Crippen LogP contribution is -2.43. The summed E-state index contributed by atoms with van der Waals surface area (Å²) in [4.78, 5) is 26.7. The zero-order chi connectivity index (χ0) is 22.9. The number of carbonyl (C=O) groups is 2. The van der Waals surface area contributed by atoms with Gasteiger partial charge in [-0.3, -0.25) is 4.79 Å². The van der Waals surface area contributed by atoms with Gasteiger partial charge >= 0.3 is 5.97 Å². The number of hydrogen-bond acceptors (Lipinski definition) is 5. The van der Waals surface area contributed by atoms with Crippen LogP contribution in [0.15, 0.2) is 77.6 Å². The highest BCUT2D eigenvalue weighted by Gasteiger charge is 2.46. The minimum atomic E-state index is -0.460. The maximum Gasteiger partial charge on any atom is 0.336 e. The van der Waals surface area contributed by atoms with Gasteiger partial charge < -0.3 is 14.8 Å². The average molecular weight is 432 g/mol. The van der Waals surface area contributed by atoms with Gasteiger partial charge in [-0.05, 0) is 35.6 Å². The number of allylic oxidation sites excluding steroid dienone is 3. The van der Waals surface area contributed by atoms with Crippen LogP contribution in [0.25, 0.3) is 0 Å². The normalized spacial score (nSPS) is 21.9. The minimum Gasteiger partial charge on any atom is -0.497 e. The maximum atomic E-state index is 13.3. The lowest BCUT2D eigenvalue weighted by molar-refractivity contribution is -0.141. The Bertz CT molecular complexity index is 1100. The minimum absolute atomic E-state index is 0.119. The van der Waals surface area contributed by atoms with Gasteiger partial charge in [-0.25, -0.2) is 4.79 Å². The molecule has 0 fully saturated rings. The van der Waals surface area contributed by atoms with E-state index in [1.807, 2.05) is 61.5 Å². The van der Waals surface area contributed by atoms with Crippen LogP contribution in [-0.4, -0.2) is 18.9 Å². The summed E-state index contributed by atoms with van der Waals surface area (Å²) in [7, 11) is 1.61. The Labute approximate surface area is 189 Å². The van der Waals surface area contributed by atoms with E-state index >= 15 is 0 Å². The molecule has 0 amide bonds. The Morgan fingerprint density at radius 3 is 2.56 bits per heavy atom. The number of hydrogen-bond donors (Lipinski definition) is 1. The van der Waals surface area contributed by atoms with Crippen LogP contribution in [0.5, 0.6) is 5.75 Å². The number of esters is 1. The van der Waals surface area contributed by atoms with Crippen LogP contribution in [0, 0.1) is 11.3 Å². The largest absolute Gasteiger partial charge is 0.497 e. The molecule has 1 N–H and O–H groups in total. The fourth-order valence-corrected chi connectivity index (χ4v) is 4.73. The molecule has 1 aliphatic heterocycles. The molecule has 5 nitrogen and oxygen atoms in total. The van der Waals surface area contributed by atoms with E-state index < -0.39 is 17.8 Å². The summed E-state index contributed by atoms with van der Waals surface area (Å²) < 4.78 is 11.1. The second-order valence-electron chi connectivity index (χ2n) is 9.19. The third kappa shape index (κ3) is 4.33. The molecule has 0 aromatic heterocycles. The van der Waals surface area contributed by atoms with E-state index in [4.69, 9.17) is 9.47 Å². The Kier molecular flexibility index (Phi) is 5.92. The van der Waals surface area contributed by atoms with Crippen LogP contribution in [0.2, 0.25) is 0 Å². The maximum absolute atomic E-state index is 13.3. The highest BCUT2D eigenvalue weighted by molar-refractivity contribution is 5.96. The van der Waals surface area contributed by atoms with Gasteiger partial charge in [0.2, 0.25) is 0 Å².